The van der Waals surface area contributed by atoms with Crippen molar-refractivity contribution in [2.75, 3.05) is 10.6 Å². The van der Waals surface area contributed by atoms with E-state index in [4.69, 9.17) is 4.98 Å². The number of benzene rings is 1. The van der Waals surface area contributed by atoms with Crippen LogP contribution in [0.15, 0.2) is 47.6 Å². The van der Waals surface area contributed by atoms with Crippen LogP contribution in [0.25, 0.3) is 11.0 Å². The van der Waals surface area contributed by atoms with E-state index in [1.54, 1.807) is 42.7 Å². The molecule has 35 heavy (non-hydrogen) atoms. The summed E-state index contributed by atoms with van der Waals surface area (Å²) in [6, 6.07) is 9.02. The predicted molar refractivity (Wildman–Crippen MR) is 138 cm³/mol. The Labute approximate surface area is 205 Å². The average molecular weight is 494 g/mol. The van der Waals surface area contributed by atoms with E-state index in [2.05, 4.69) is 41.5 Å². The fraction of sp³-hybridized carbons (Fsp3) is 0.400. The summed E-state index contributed by atoms with van der Waals surface area (Å²) in [4.78, 5) is 9.60. The molecule has 2 N–H and O–H groups in total. The van der Waals surface area contributed by atoms with Crippen LogP contribution in [0, 0.1) is 19.8 Å². The first-order valence-electron chi connectivity index (χ1n) is 11.9. The van der Waals surface area contributed by atoms with Gasteiger partial charge in [-0.1, -0.05) is 17.7 Å². The number of rotatable bonds is 8. The quantitative estimate of drug-likeness (QED) is 0.355. The fourth-order valence-electron chi connectivity index (χ4n) is 4.29. The molecule has 0 aliphatic heterocycles. The molecule has 1 fully saturated rings. The lowest BCUT2D eigenvalue weighted by molar-refractivity contribution is 0.519. The van der Waals surface area contributed by atoms with E-state index in [0.29, 0.717) is 28.7 Å². The van der Waals surface area contributed by atoms with Crippen LogP contribution in [0.5, 0.6) is 0 Å². The number of nitrogens with one attached hydrogen (secondary N) is 2. The van der Waals surface area contributed by atoms with Gasteiger partial charge >= 0.3 is 0 Å². The zero-order chi connectivity index (χ0) is 24.9. The number of hydrogen-bond donors (Lipinski definition) is 2. The number of anilines is 3. The van der Waals surface area contributed by atoms with Crippen molar-refractivity contribution >= 4 is 38.5 Å². The Morgan fingerprint density at radius 3 is 2.37 bits per heavy atom. The SMILES string of the molecule is Cc1ccc(S(=O)(=O)n2ccc3c(N[C@@H](C)C4CC4)nc(Nc4cnn(C(C)C)c4C)nc32)cc1. The molecule has 4 aromatic rings. The first kappa shape index (κ1) is 23.3. The summed E-state index contributed by atoms with van der Waals surface area (Å²) < 4.78 is 30.2. The van der Waals surface area contributed by atoms with E-state index in [9.17, 15) is 8.42 Å². The van der Waals surface area contributed by atoms with Gasteiger partial charge in [0.1, 0.15) is 5.82 Å². The minimum absolute atomic E-state index is 0.211. The van der Waals surface area contributed by atoms with Gasteiger partial charge in [-0.2, -0.15) is 15.1 Å². The minimum atomic E-state index is -3.84. The van der Waals surface area contributed by atoms with Gasteiger partial charge in [0.25, 0.3) is 10.0 Å². The molecule has 1 aliphatic rings. The van der Waals surface area contributed by atoms with Crippen LogP contribution >= 0.6 is 0 Å². The average Bonchev–Trinajstić information content (AvgIpc) is 3.47. The van der Waals surface area contributed by atoms with Gasteiger partial charge < -0.3 is 10.6 Å². The molecule has 0 bridgehead atoms. The van der Waals surface area contributed by atoms with Crippen molar-refractivity contribution in [1.82, 2.24) is 23.7 Å². The van der Waals surface area contributed by atoms with Crippen LogP contribution in [-0.4, -0.2) is 38.2 Å². The van der Waals surface area contributed by atoms with Crippen molar-refractivity contribution in [3.8, 4) is 0 Å². The maximum atomic E-state index is 13.5. The summed E-state index contributed by atoms with van der Waals surface area (Å²) in [6.07, 6.45) is 5.66. The van der Waals surface area contributed by atoms with Gasteiger partial charge in [-0.3, -0.25) is 4.68 Å². The van der Waals surface area contributed by atoms with Crippen molar-refractivity contribution in [3.05, 3.63) is 54.0 Å². The molecule has 1 aromatic carbocycles. The Bertz CT molecular complexity index is 1480. The Morgan fingerprint density at radius 2 is 1.74 bits per heavy atom. The van der Waals surface area contributed by atoms with Gasteiger partial charge in [-0.15, -0.1) is 0 Å². The standard InChI is InChI=1S/C25H31N7O2S/c1-15(2)32-18(5)22(14-26-32)28-25-29-23(27-17(4)19-8-9-19)21-12-13-31(24(21)30-25)35(33,34)20-10-6-16(3)7-11-20/h6-7,10-15,17,19H,8-9H2,1-5H3,(H2,27,28,29,30)/t17-/m0/s1. The largest absolute Gasteiger partial charge is 0.367 e. The molecular weight excluding hydrogens is 462 g/mol. The van der Waals surface area contributed by atoms with Crippen LogP contribution < -0.4 is 10.6 Å². The van der Waals surface area contributed by atoms with Crippen molar-refractivity contribution in [1.29, 1.82) is 0 Å². The van der Waals surface area contributed by atoms with Crippen LogP contribution in [-0.2, 0) is 10.0 Å². The van der Waals surface area contributed by atoms with Gasteiger partial charge in [0, 0.05) is 18.3 Å². The second-order valence-corrected chi connectivity index (χ2v) is 11.5. The van der Waals surface area contributed by atoms with E-state index in [-0.39, 0.29) is 17.0 Å². The van der Waals surface area contributed by atoms with Gasteiger partial charge in [-0.25, -0.2) is 12.4 Å². The maximum Gasteiger partial charge on any atom is 0.269 e. The van der Waals surface area contributed by atoms with Crippen molar-refractivity contribution in [3.63, 3.8) is 0 Å². The third kappa shape index (κ3) is 4.38. The highest BCUT2D eigenvalue weighted by molar-refractivity contribution is 7.90. The molecule has 1 atom stereocenters. The lowest BCUT2D eigenvalue weighted by Crippen LogP contribution is -2.19. The van der Waals surface area contributed by atoms with E-state index < -0.39 is 10.0 Å². The summed E-state index contributed by atoms with van der Waals surface area (Å²) >= 11 is 0. The normalized spacial score (nSPS) is 15.0. The van der Waals surface area contributed by atoms with Crippen LogP contribution in [0.1, 0.15) is 50.9 Å². The summed E-state index contributed by atoms with van der Waals surface area (Å²) in [5.74, 6) is 1.53. The molecule has 0 radical (unpaired) electrons. The minimum Gasteiger partial charge on any atom is -0.367 e. The number of aromatic nitrogens is 5. The highest BCUT2D eigenvalue weighted by Crippen LogP contribution is 2.35. The molecule has 0 unspecified atom stereocenters. The summed E-state index contributed by atoms with van der Waals surface area (Å²) in [5, 5.41) is 11.9. The molecule has 1 saturated carbocycles. The highest BCUT2D eigenvalue weighted by Gasteiger charge is 2.29. The van der Waals surface area contributed by atoms with Crippen LogP contribution in [0.2, 0.25) is 0 Å². The molecule has 3 heterocycles. The van der Waals surface area contributed by atoms with Gasteiger partial charge in [0.2, 0.25) is 5.95 Å². The Morgan fingerprint density at radius 1 is 1.03 bits per heavy atom. The predicted octanol–water partition coefficient (Wildman–Crippen LogP) is 5.02. The summed E-state index contributed by atoms with van der Waals surface area (Å²) in [7, 11) is -3.84. The molecule has 1 aliphatic carbocycles. The third-order valence-electron chi connectivity index (χ3n) is 6.56. The maximum absolute atomic E-state index is 13.5. The van der Waals surface area contributed by atoms with Crippen molar-refractivity contribution in [2.24, 2.45) is 5.92 Å². The first-order chi connectivity index (χ1) is 16.6. The zero-order valence-corrected chi connectivity index (χ0v) is 21.5. The summed E-state index contributed by atoms with van der Waals surface area (Å²) in [5.41, 5.74) is 3.04. The second kappa shape index (κ2) is 8.67. The fourth-order valence-corrected chi connectivity index (χ4v) is 5.59. The van der Waals surface area contributed by atoms with Crippen molar-refractivity contribution < 1.29 is 8.42 Å². The zero-order valence-electron chi connectivity index (χ0n) is 20.6. The molecular formula is C25H31N7O2S. The topological polar surface area (TPSA) is 107 Å². The molecule has 0 saturated heterocycles. The third-order valence-corrected chi connectivity index (χ3v) is 8.24. The Balaban J connectivity index is 1.61. The van der Waals surface area contributed by atoms with Crippen LogP contribution in [0.4, 0.5) is 17.5 Å². The number of nitrogens with zero attached hydrogens (tertiary/aromatic N) is 5. The first-order valence-corrected chi connectivity index (χ1v) is 13.4. The van der Waals surface area contributed by atoms with Crippen molar-refractivity contribution in [2.45, 2.75) is 64.4 Å². The van der Waals surface area contributed by atoms with Gasteiger partial charge in [0.05, 0.1) is 27.9 Å². The van der Waals surface area contributed by atoms with E-state index in [0.717, 1.165) is 16.9 Å². The van der Waals surface area contributed by atoms with Gasteiger partial charge in [-0.05, 0) is 71.6 Å². The molecule has 184 valence electrons. The van der Waals surface area contributed by atoms with E-state index in [1.165, 1.54) is 16.8 Å². The van der Waals surface area contributed by atoms with E-state index in [1.807, 2.05) is 18.5 Å². The number of hydrogen-bond acceptors (Lipinski definition) is 7. The number of aryl methyl sites for hydroxylation is 1. The molecule has 10 heteroatoms. The van der Waals surface area contributed by atoms with Crippen LogP contribution in [0.3, 0.4) is 0 Å². The molecule has 5 rings (SSSR count). The highest BCUT2D eigenvalue weighted by atomic mass is 32.2. The lowest BCUT2D eigenvalue weighted by Gasteiger charge is -2.16. The smallest absolute Gasteiger partial charge is 0.269 e. The monoisotopic (exact) mass is 493 g/mol. The lowest BCUT2D eigenvalue weighted by atomic mass is 10.2. The number of fused-ring (bicyclic) bond motifs is 1. The molecule has 9 nitrogen and oxygen atoms in total. The Kier molecular flexibility index (Phi) is 5.79. The van der Waals surface area contributed by atoms with Gasteiger partial charge in [0.15, 0.2) is 5.65 Å². The molecule has 0 amide bonds. The molecule has 3 aromatic heterocycles. The Hall–Kier alpha value is -3.40. The van der Waals surface area contributed by atoms with E-state index >= 15 is 0 Å². The second-order valence-electron chi connectivity index (χ2n) is 9.64. The summed E-state index contributed by atoms with van der Waals surface area (Å²) in [6.45, 7) is 10.2. The molecule has 0 spiro atoms.